The first-order valence-corrected chi connectivity index (χ1v) is 4.74. The van der Waals surface area contributed by atoms with Gasteiger partial charge in [0.05, 0.1) is 6.20 Å². The first kappa shape index (κ1) is 10.1. The van der Waals surface area contributed by atoms with E-state index >= 15 is 0 Å². The highest BCUT2D eigenvalue weighted by Gasteiger charge is 2.12. The number of rotatable bonds is 4. The Morgan fingerprint density at radius 2 is 2.54 bits per heavy atom. The molecule has 1 aromatic heterocycles. The molecular formula is C7H12N4OS. The monoisotopic (exact) mass is 200 g/mol. The molecule has 1 atom stereocenters. The summed E-state index contributed by atoms with van der Waals surface area (Å²) >= 11 is 1.17. The molecule has 2 N–H and O–H groups in total. The van der Waals surface area contributed by atoms with Gasteiger partial charge in [0.1, 0.15) is 5.00 Å². The van der Waals surface area contributed by atoms with Crippen molar-refractivity contribution in [1.29, 1.82) is 0 Å². The first-order chi connectivity index (χ1) is 6.24. The third kappa shape index (κ3) is 3.08. The van der Waals surface area contributed by atoms with Crippen molar-refractivity contribution >= 4 is 22.4 Å². The third-order valence-electron chi connectivity index (χ3n) is 1.57. The minimum atomic E-state index is -0.0490. The third-order valence-corrected chi connectivity index (χ3v) is 2.15. The second kappa shape index (κ2) is 4.88. The van der Waals surface area contributed by atoms with E-state index in [0.29, 0.717) is 11.5 Å². The van der Waals surface area contributed by atoms with Crippen molar-refractivity contribution in [3.8, 4) is 0 Å². The van der Waals surface area contributed by atoms with Gasteiger partial charge in [0, 0.05) is 24.0 Å². The molecular weight excluding hydrogens is 188 g/mol. The number of amides is 1. The molecule has 6 heteroatoms. The summed E-state index contributed by atoms with van der Waals surface area (Å²) in [5.41, 5.74) is 0. The highest BCUT2D eigenvalue weighted by atomic mass is 32.1. The zero-order chi connectivity index (χ0) is 9.68. The molecule has 0 aliphatic rings. The summed E-state index contributed by atoms with van der Waals surface area (Å²) in [7, 11) is 1.82. The molecule has 1 heterocycles. The molecule has 0 radical (unpaired) electrons. The van der Waals surface area contributed by atoms with Crippen LogP contribution in [-0.2, 0) is 4.79 Å². The van der Waals surface area contributed by atoms with E-state index in [4.69, 9.17) is 0 Å². The summed E-state index contributed by atoms with van der Waals surface area (Å²) in [4.78, 5) is 11.4. The number of anilines is 1. The number of nitrogens with one attached hydrogen (secondary N) is 2. The van der Waals surface area contributed by atoms with Crippen LogP contribution >= 0.6 is 11.5 Å². The molecule has 72 valence electrons. The van der Waals surface area contributed by atoms with E-state index in [0.717, 1.165) is 0 Å². The fraction of sp³-hybridized carbons (Fsp3) is 0.571. The summed E-state index contributed by atoms with van der Waals surface area (Å²) in [5, 5.41) is 9.97. The SMILES string of the molecule is CNCC(C)C(=O)Nc1cnns1. The summed E-state index contributed by atoms with van der Waals surface area (Å²) in [5.74, 6) is -0.0625. The summed E-state index contributed by atoms with van der Waals surface area (Å²) < 4.78 is 3.64. The fourth-order valence-corrected chi connectivity index (χ4v) is 1.29. The lowest BCUT2D eigenvalue weighted by molar-refractivity contribution is -0.119. The molecule has 1 amide bonds. The summed E-state index contributed by atoms with van der Waals surface area (Å²) in [6.07, 6.45) is 1.54. The van der Waals surface area contributed by atoms with Crippen LogP contribution < -0.4 is 10.6 Å². The highest BCUT2D eigenvalue weighted by molar-refractivity contribution is 7.10. The molecule has 0 aromatic carbocycles. The van der Waals surface area contributed by atoms with Crippen molar-refractivity contribution in [1.82, 2.24) is 14.9 Å². The van der Waals surface area contributed by atoms with Gasteiger partial charge in [-0.1, -0.05) is 11.4 Å². The lowest BCUT2D eigenvalue weighted by Gasteiger charge is -2.08. The van der Waals surface area contributed by atoms with Crippen molar-refractivity contribution in [3.63, 3.8) is 0 Å². The summed E-state index contributed by atoms with van der Waals surface area (Å²) in [6.45, 7) is 2.53. The lowest BCUT2D eigenvalue weighted by atomic mass is 10.1. The predicted molar refractivity (Wildman–Crippen MR) is 51.6 cm³/mol. The zero-order valence-corrected chi connectivity index (χ0v) is 8.39. The molecule has 0 fully saturated rings. The van der Waals surface area contributed by atoms with E-state index in [-0.39, 0.29) is 11.8 Å². The van der Waals surface area contributed by atoms with E-state index in [9.17, 15) is 4.79 Å². The number of carbonyl (C=O) groups excluding carboxylic acids is 1. The molecule has 1 rings (SSSR count). The fourth-order valence-electron chi connectivity index (χ4n) is 0.866. The van der Waals surface area contributed by atoms with Gasteiger partial charge in [-0.05, 0) is 7.05 Å². The topological polar surface area (TPSA) is 66.9 Å². The Morgan fingerprint density at radius 1 is 1.77 bits per heavy atom. The van der Waals surface area contributed by atoms with Crippen molar-refractivity contribution in [3.05, 3.63) is 6.20 Å². The van der Waals surface area contributed by atoms with Crippen LogP contribution in [0.4, 0.5) is 5.00 Å². The normalized spacial score (nSPS) is 12.5. The molecule has 1 aromatic rings. The van der Waals surface area contributed by atoms with E-state index in [2.05, 4.69) is 20.2 Å². The van der Waals surface area contributed by atoms with E-state index in [1.807, 2.05) is 14.0 Å². The minimum absolute atomic E-state index is 0.0135. The largest absolute Gasteiger partial charge is 0.319 e. The molecule has 13 heavy (non-hydrogen) atoms. The van der Waals surface area contributed by atoms with Gasteiger partial charge in [0.2, 0.25) is 5.91 Å². The quantitative estimate of drug-likeness (QED) is 0.735. The van der Waals surface area contributed by atoms with Crippen LogP contribution in [0.1, 0.15) is 6.92 Å². The van der Waals surface area contributed by atoms with Crippen LogP contribution in [0.3, 0.4) is 0 Å². The van der Waals surface area contributed by atoms with Gasteiger partial charge in [-0.25, -0.2) is 0 Å². The number of hydrogen-bond acceptors (Lipinski definition) is 5. The average Bonchev–Trinajstić information content (AvgIpc) is 2.57. The maximum Gasteiger partial charge on any atom is 0.229 e. The highest BCUT2D eigenvalue weighted by Crippen LogP contribution is 2.10. The van der Waals surface area contributed by atoms with E-state index in [1.54, 1.807) is 0 Å². The van der Waals surface area contributed by atoms with E-state index < -0.39 is 0 Å². The summed E-state index contributed by atoms with van der Waals surface area (Å²) in [6, 6.07) is 0. The van der Waals surface area contributed by atoms with Crippen molar-refractivity contribution in [2.75, 3.05) is 18.9 Å². The van der Waals surface area contributed by atoms with Crippen LogP contribution in [0.25, 0.3) is 0 Å². The Balaban J connectivity index is 2.41. The maximum absolute atomic E-state index is 11.4. The number of carbonyl (C=O) groups is 1. The first-order valence-electron chi connectivity index (χ1n) is 3.97. The molecule has 0 saturated heterocycles. The molecule has 0 saturated carbocycles. The Labute approximate surface area is 80.7 Å². The standard InChI is InChI=1S/C7H12N4OS/c1-5(3-8-2)7(12)10-6-4-9-11-13-6/h4-5,8H,3H2,1-2H3,(H,10,12). The van der Waals surface area contributed by atoms with Gasteiger partial charge in [-0.3, -0.25) is 4.79 Å². The van der Waals surface area contributed by atoms with Gasteiger partial charge in [-0.15, -0.1) is 5.10 Å². The van der Waals surface area contributed by atoms with E-state index in [1.165, 1.54) is 17.7 Å². The van der Waals surface area contributed by atoms with Crippen LogP contribution in [-0.4, -0.2) is 29.1 Å². The van der Waals surface area contributed by atoms with Gasteiger partial charge < -0.3 is 10.6 Å². The molecule has 0 bridgehead atoms. The number of hydrogen-bond donors (Lipinski definition) is 2. The molecule has 0 spiro atoms. The Morgan fingerprint density at radius 3 is 3.08 bits per heavy atom. The molecule has 1 unspecified atom stereocenters. The van der Waals surface area contributed by atoms with Crippen LogP contribution in [0.15, 0.2) is 6.20 Å². The van der Waals surface area contributed by atoms with Gasteiger partial charge in [0.15, 0.2) is 0 Å². The number of aromatic nitrogens is 2. The smallest absolute Gasteiger partial charge is 0.229 e. The van der Waals surface area contributed by atoms with Crippen LogP contribution in [0.2, 0.25) is 0 Å². The van der Waals surface area contributed by atoms with Gasteiger partial charge in [-0.2, -0.15) is 0 Å². The Hall–Kier alpha value is -1.01. The Bertz CT molecular complexity index is 261. The lowest BCUT2D eigenvalue weighted by Crippen LogP contribution is -2.28. The second-order valence-corrected chi connectivity index (χ2v) is 3.52. The maximum atomic E-state index is 11.4. The van der Waals surface area contributed by atoms with Crippen molar-refractivity contribution in [2.45, 2.75) is 6.92 Å². The Kier molecular flexibility index (Phi) is 3.78. The predicted octanol–water partition coefficient (Wildman–Crippen LogP) is 0.332. The second-order valence-electron chi connectivity index (χ2n) is 2.73. The zero-order valence-electron chi connectivity index (χ0n) is 7.57. The molecule has 0 aliphatic heterocycles. The minimum Gasteiger partial charge on any atom is -0.319 e. The average molecular weight is 200 g/mol. The van der Waals surface area contributed by atoms with Crippen LogP contribution in [0, 0.1) is 5.92 Å². The van der Waals surface area contributed by atoms with Crippen LogP contribution in [0.5, 0.6) is 0 Å². The van der Waals surface area contributed by atoms with Gasteiger partial charge in [0.25, 0.3) is 0 Å². The molecule has 0 aliphatic carbocycles. The molecule has 5 nitrogen and oxygen atoms in total. The van der Waals surface area contributed by atoms with Gasteiger partial charge >= 0.3 is 0 Å². The van der Waals surface area contributed by atoms with Crippen molar-refractivity contribution in [2.24, 2.45) is 5.92 Å². The van der Waals surface area contributed by atoms with Crippen molar-refractivity contribution < 1.29 is 4.79 Å². The number of nitrogens with zero attached hydrogens (tertiary/aromatic N) is 2.